The van der Waals surface area contributed by atoms with Crippen molar-refractivity contribution in [1.29, 1.82) is 0 Å². The van der Waals surface area contributed by atoms with Crippen LogP contribution < -0.4 is 10.6 Å². The summed E-state index contributed by atoms with van der Waals surface area (Å²) in [6.45, 7) is 0.437. The molecule has 1 aliphatic heterocycles. The number of nitrogens with one attached hydrogen (secondary N) is 2. The summed E-state index contributed by atoms with van der Waals surface area (Å²) in [5.74, 6) is -1.12. The summed E-state index contributed by atoms with van der Waals surface area (Å²) in [5.41, 5.74) is 0.940. The lowest BCUT2D eigenvalue weighted by Crippen LogP contribution is -2.40. The monoisotopic (exact) mass is 409 g/mol. The molecule has 0 saturated heterocycles. The van der Waals surface area contributed by atoms with Crippen LogP contribution in [0.5, 0.6) is 0 Å². The van der Waals surface area contributed by atoms with E-state index in [1.165, 1.54) is 17.2 Å². The van der Waals surface area contributed by atoms with Gasteiger partial charge in [-0.15, -0.1) is 0 Å². The highest BCUT2D eigenvalue weighted by Crippen LogP contribution is 2.31. The van der Waals surface area contributed by atoms with E-state index in [9.17, 15) is 19.2 Å². The first-order valence-electron chi connectivity index (χ1n) is 10.2. The summed E-state index contributed by atoms with van der Waals surface area (Å²) in [5, 5.41) is 5.33. The molecule has 30 heavy (non-hydrogen) atoms. The highest BCUT2D eigenvalue weighted by molar-refractivity contribution is 6.22. The maximum absolute atomic E-state index is 12.8. The third-order valence-corrected chi connectivity index (χ3v) is 5.56. The first-order chi connectivity index (χ1) is 14.6. The fourth-order valence-electron chi connectivity index (χ4n) is 4.02. The first-order valence-corrected chi connectivity index (χ1v) is 10.2. The number of hydrogen-bond acceptors (Lipinski definition) is 5. The smallest absolute Gasteiger partial charge is 0.287 e. The van der Waals surface area contributed by atoms with Gasteiger partial charge in [0, 0.05) is 24.7 Å². The molecule has 2 heterocycles. The third kappa shape index (κ3) is 3.85. The first kappa shape index (κ1) is 19.9. The molecule has 1 aliphatic carbocycles. The van der Waals surface area contributed by atoms with Crippen molar-refractivity contribution < 1.29 is 23.6 Å². The highest BCUT2D eigenvalue weighted by Gasteiger charge is 2.40. The number of benzene rings is 1. The Morgan fingerprint density at radius 3 is 2.33 bits per heavy atom. The largest absolute Gasteiger partial charge is 0.459 e. The van der Waals surface area contributed by atoms with E-state index in [2.05, 4.69) is 10.6 Å². The Labute approximate surface area is 173 Å². The van der Waals surface area contributed by atoms with Gasteiger partial charge < -0.3 is 15.1 Å². The number of furan rings is 1. The molecule has 2 aliphatic rings. The Balaban J connectivity index is 1.36. The minimum absolute atomic E-state index is 0.0544. The molecule has 0 unspecified atom stereocenters. The van der Waals surface area contributed by atoms with Gasteiger partial charge in [0.15, 0.2) is 5.76 Å². The highest BCUT2D eigenvalue weighted by atomic mass is 16.3. The van der Waals surface area contributed by atoms with Crippen molar-refractivity contribution in [2.45, 2.75) is 38.1 Å². The zero-order valence-corrected chi connectivity index (χ0v) is 16.5. The summed E-state index contributed by atoms with van der Waals surface area (Å²) in [4.78, 5) is 51.2. The Bertz CT molecular complexity index is 977. The number of carbonyl (C=O) groups is 4. The third-order valence-electron chi connectivity index (χ3n) is 5.56. The van der Waals surface area contributed by atoms with E-state index in [1.807, 2.05) is 0 Å². The van der Waals surface area contributed by atoms with Crippen LogP contribution in [-0.2, 0) is 0 Å². The van der Waals surface area contributed by atoms with Crippen molar-refractivity contribution in [2.75, 3.05) is 13.1 Å². The summed E-state index contributed by atoms with van der Waals surface area (Å²) >= 11 is 0. The lowest BCUT2D eigenvalue weighted by Gasteiger charge is -2.29. The summed E-state index contributed by atoms with van der Waals surface area (Å²) in [6, 6.07) is 7.69. The van der Waals surface area contributed by atoms with Gasteiger partial charge in [0.1, 0.15) is 0 Å². The number of amides is 4. The maximum atomic E-state index is 12.8. The van der Waals surface area contributed by atoms with Crippen LogP contribution in [0.2, 0.25) is 0 Å². The van der Waals surface area contributed by atoms with Crippen LogP contribution >= 0.6 is 0 Å². The number of carbonyl (C=O) groups excluding carboxylic acids is 4. The fraction of sp³-hybridized carbons (Fsp3) is 0.364. The van der Waals surface area contributed by atoms with E-state index < -0.39 is 0 Å². The molecule has 8 heteroatoms. The predicted molar refractivity (Wildman–Crippen MR) is 107 cm³/mol. The Hall–Kier alpha value is -3.42. The molecule has 0 atom stereocenters. The fourth-order valence-corrected chi connectivity index (χ4v) is 4.02. The van der Waals surface area contributed by atoms with Crippen LogP contribution in [0.25, 0.3) is 0 Å². The number of imide groups is 1. The maximum Gasteiger partial charge on any atom is 0.287 e. The van der Waals surface area contributed by atoms with Crippen LogP contribution in [0.1, 0.15) is 73.7 Å². The molecule has 4 rings (SSSR count). The molecular weight excluding hydrogens is 386 g/mol. The minimum Gasteiger partial charge on any atom is -0.459 e. The molecule has 0 bridgehead atoms. The van der Waals surface area contributed by atoms with Crippen LogP contribution in [0.4, 0.5) is 0 Å². The SMILES string of the molecule is O=C(NCCNC(=O)c1ccco1)c1ccc2c(c1)C(=O)N(C1CCCCC1)C2=O. The molecule has 1 fully saturated rings. The van der Waals surface area contributed by atoms with Crippen molar-refractivity contribution in [3.8, 4) is 0 Å². The molecule has 8 nitrogen and oxygen atoms in total. The van der Waals surface area contributed by atoms with Gasteiger partial charge in [-0.05, 0) is 43.2 Å². The average Bonchev–Trinajstić information content (AvgIpc) is 3.39. The van der Waals surface area contributed by atoms with Gasteiger partial charge in [0.25, 0.3) is 23.6 Å². The number of nitrogens with zero attached hydrogens (tertiary/aromatic N) is 1. The summed E-state index contributed by atoms with van der Waals surface area (Å²) < 4.78 is 4.99. The van der Waals surface area contributed by atoms with Gasteiger partial charge in [-0.3, -0.25) is 24.1 Å². The van der Waals surface area contributed by atoms with E-state index in [-0.39, 0.29) is 54.1 Å². The van der Waals surface area contributed by atoms with Gasteiger partial charge >= 0.3 is 0 Å². The lowest BCUT2D eigenvalue weighted by molar-refractivity contribution is 0.0548. The van der Waals surface area contributed by atoms with E-state index in [4.69, 9.17) is 4.42 Å². The van der Waals surface area contributed by atoms with Crippen molar-refractivity contribution in [3.63, 3.8) is 0 Å². The summed E-state index contributed by atoms with van der Waals surface area (Å²) in [6.07, 6.45) is 6.24. The van der Waals surface area contributed by atoms with Crippen molar-refractivity contribution in [2.24, 2.45) is 0 Å². The van der Waals surface area contributed by atoms with Gasteiger partial charge in [-0.2, -0.15) is 0 Å². The van der Waals surface area contributed by atoms with Gasteiger partial charge in [-0.25, -0.2) is 0 Å². The Morgan fingerprint density at radius 2 is 1.63 bits per heavy atom. The number of hydrogen-bond donors (Lipinski definition) is 2. The molecule has 4 amide bonds. The standard InChI is InChI=1S/C22H23N3O5/c26-19(23-10-11-24-20(27)18-7-4-12-30-18)14-8-9-16-17(13-14)22(29)25(21(16)28)15-5-2-1-3-6-15/h4,7-9,12-13,15H,1-3,5-6,10-11H2,(H,23,26)(H,24,27). The zero-order valence-electron chi connectivity index (χ0n) is 16.5. The Kier molecular flexibility index (Phi) is 5.65. The second kappa shape index (κ2) is 8.52. The second-order valence-electron chi connectivity index (χ2n) is 7.52. The lowest BCUT2D eigenvalue weighted by atomic mass is 9.94. The Morgan fingerprint density at radius 1 is 0.933 bits per heavy atom. The van der Waals surface area contributed by atoms with Crippen LogP contribution in [0.3, 0.4) is 0 Å². The molecule has 156 valence electrons. The van der Waals surface area contributed by atoms with Crippen molar-refractivity contribution in [3.05, 3.63) is 59.0 Å². The molecule has 1 saturated carbocycles. The van der Waals surface area contributed by atoms with Crippen molar-refractivity contribution >= 4 is 23.6 Å². The second-order valence-corrected chi connectivity index (χ2v) is 7.52. The molecule has 1 aromatic carbocycles. The van der Waals surface area contributed by atoms with Crippen molar-refractivity contribution in [1.82, 2.24) is 15.5 Å². The average molecular weight is 409 g/mol. The molecule has 1 aromatic heterocycles. The van der Waals surface area contributed by atoms with Crippen LogP contribution in [0.15, 0.2) is 41.0 Å². The molecule has 0 spiro atoms. The van der Waals surface area contributed by atoms with E-state index in [1.54, 1.807) is 24.3 Å². The number of fused-ring (bicyclic) bond motifs is 1. The normalized spacial score (nSPS) is 16.5. The molecule has 2 aromatic rings. The van der Waals surface area contributed by atoms with Gasteiger partial charge in [0.2, 0.25) is 0 Å². The van der Waals surface area contributed by atoms with E-state index in [0.29, 0.717) is 11.1 Å². The molecule has 0 radical (unpaired) electrons. The summed E-state index contributed by atoms with van der Waals surface area (Å²) in [7, 11) is 0. The molecule has 2 N–H and O–H groups in total. The zero-order chi connectivity index (χ0) is 21.1. The topological polar surface area (TPSA) is 109 Å². The van der Waals surface area contributed by atoms with E-state index in [0.717, 1.165) is 32.1 Å². The predicted octanol–water partition coefficient (Wildman–Crippen LogP) is 2.37. The van der Waals surface area contributed by atoms with E-state index >= 15 is 0 Å². The van der Waals surface area contributed by atoms with Gasteiger partial charge in [0.05, 0.1) is 17.4 Å². The number of rotatable bonds is 6. The minimum atomic E-state index is -0.374. The van der Waals surface area contributed by atoms with Crippen LogP contribution in [0, 0.1) is 0 Å². The quantitative estimate of drug-likeness (QED) is 0.562. The van der Waals surface area contributed by atoms with Gasteiger partial charge in [-0.1, -0.05) is 19.3 Å². The molecular formula is C22H23N3O5. The van der Waals surface area contributed by atoms with Crippen LogP contribution in [-0.4, -0.2) is 47.7 Å².